The van der Waals surface area contributed by atoms with Crippen molar-refractivity contribution >= 4 is 11.6 Å². The number of hydrogen-bond acceptors (Lipinski definition) is 4. The van der Waals surface area contributed by atoms with Crippen molar-refractivity contribution in [2.75, 3.05) is 25.1 Å². The first-order valence-corrected chi connectivity index (χ1v) is 6.39. The van der Waals surface area contributed by atoms with Crippen LogP contribution in [0, 0.1) is 0 Å². The molecule has 0 radical (unpaired) electrons. The number of carbonyl (C=O) groups is 1. The molecule has 5 nitrogen and oxygen atoms in total. The SMILES string of the molecule is CCOC(COc1ccc(NC(C)=O)cc1)OCC. The van der Waals surface area contributed by atoms with Gasteiger partial charge in [0.25, 0.3) is 0 Å². The van der Waals surface area contributed by atoms with E-state index in [-0.39, 0.29) is 12.2 Å². The second kappa shape index (κ2) is 8.50. The van der Waals surface area contributed by atoms with E-state index in [1.165, 1.54) is 6.92 Å². The van der Waals surface area contributed by atoms with Gasteiger partial charge in [0.05, 0.1) is 0 Å². The van der Waals surface area contributed by atoms with E-state index in [0.29, 0.717) is 25.6 Å². The molecule has 0 heterocycles. The number of benzene rings is 1. The summed E-state index contributed by atoms with van der Waals surface area (Å²) < 4.78 is 16.3. The maximum absolute atomic E-state index is 10.9. The van der Waals surface area contributed by atoms with Crippen molar-refractivity contribution in [1.29, 1.82) is 0 Å². The van der Waals surface area contributed by atoms with Crippen LogP contribution in [0.2, 0.25) is 0 Å². The highest BCUT2D eigenvalue weighted by atomic mass is 16.7. The second-order valence-corrected chi connectivity index (χ2v) is 3.86. The molecule has 0 aliphatic carbocycles. The highest BCUT2D eigenvalue weighted by molar-refractivity contribution is 5.88. The standard InChI is InChI=1S/C14H21NO4/c1-4-17-14(18-5-2)10-19-13-8-6-12(7-9-13)15-11(3)16/h6-9,14H,4-5,10H2,1-3H3,(H,15,16). The average Bonchev–Trinajstić information content (AvgIpc) is 2.37. The summed E-state index contributed by atoms with van der Waals surface area (Å²) in [6, 6.07) is 7.15. The molecule has 1 N–H and O–H groups in total. The van der Waals surface area contributed by atoms with Crippen LogP contribution < -0.4 is 10.1 Å². The first-order valence-electron chi connectivity index (χ1n) is 6.39. The van der Waals surface area contributed by atoms with E-state index in [1.54, 1.807) is 24.3 Å². The summed E-state index contributed by atoms with van der Waals surface area (Å²) in [4.78, 5) is 10.9. The fourth-order valence-electron chi connectivity index (χ4n) is 1.52. The predicted octanol–water partition coefficient (Wildman–Crippen LogP) is 2.42. The molecule has 0 fully saturated rings. The molecule has 0 bridgehead atoms. The minimum absolute atomic E-state index is 0.0959. The highest BCUT2D eigenvalue weighted by Gasteiger charge is 2.08. The molecular formula is C14H21NO4. The number of anilines is 1. The van der Waals surface area contributed by atoms with Gasteiger partial charge in [-0.25, -0.2) is 0 Å². The van der Waals surface area contributed by atoms with E-state index in [1.807, 2.05) is 13.8 Å². The maximum Gasteiger partial charge on any atom is 0.221 e. The Morgan fingerprint density at radius 3 is 2.21 bits per heavy atom. The van der Waals surface area contributed by atoms with Crippen LogP contribution in [-0.4, -0.2) is 32.0 Å². The molecule has 1 aromatic carbocycles. The van der Waals surface area contributed by atoms with Crippen LogP contribution in [0.3, 0.4) is 0 Å². The van der Waals surface area contributed by atoms with Crippen LogP contribution in [0.5, 0.6) is 5.75 Å². The Balaban J connectivity index is 2.45. The van der Waals surface area contributed by atoms with E-state index in [0.717, 1.165) is 5.69 Å². The molecule has 0 unspecified atom stereocenters. The largest absolute Gasteiger partial charge is 0.488 e. The molecule has 0 aliphatic heterocycles. The molecule has 1 amide bonds. The van der Waals surface area contributed by atoms with Gasteiger partial charge in [0.15, 0.2) is 6.29 Å². The van der Waals surface area contributed by atoms with Crippen molar-refractivity contribution in [3.8, 4) is 5.75 Å². The summed E-state index contributed by atoms with van der Waals surface area (Å²) in [5.41, 5.74) is 0.742. The van der Waals surface area contributed by atoms with E-state index >= 15 is 0 Å². The van der Waals surface area contributed by atoms with E-state index in [2.05, 4.69) is 5.32 Å². The normalized spacial score (nSPS) is 10.5. The predicted molar refractivity (Wildman–Crippen MR) is 73.3 cm³/mol. The molecule has 1 rings (SSSR count). The van der Waals surface area contributed by atoms with Crippen molar-refractivity contribution in [2.45, 2.75) is 27.1 Å². The van der Waals surface area contributed by atoms with E-state index in [4.69, 9.17) is 14.2 Å². The van der Waals surface area contributed by atoms with Gasteiger partial charge in [-0.3, -0.25) is 4.79 Å². The average molecular weight is 267 g/mol. The molecular weight excluding hydrogens is 246 g/mol. The summed E-state index contributed by atoms with van der Waals surface area (Å²) in [7, 11) is 0. The van der Waals surface area contributed by atoms with Gasteiger partial charge < -0.3 is 19.5 Å². The van der Waals surface area contributed by atoms with E-state index < -0.39 is 0 Å². The van der Waals surface area contributed by atoms with Crippen LogP contribution in [-0.2, 0) is 14.3 Å². The molecule has 1 aromatic rings. The summed E-state index contributed by atoms with van der Waals surface area (Å²) >= 11 is 0. The summed E-state index contributed by atoms with van der Waals surface area (Å²) in [5, 5.41) is 2.69. The van der Waals surface area contributed by atoms with E-state index in [9.17, 15) is 4.79 Å². The maximum atomic E-state index is 10.9. The zero-order valence-corrected chi connectivity index (χ0v) is 11.6. The minimum Gasteiger partial charge on any atom is -0.488 e. The van der Waals surface area contributed by atoms with Crippen molar-refractivity contribution in [3.05, 3.63) is 24.3 Å². The van der Waals surface area contributed by atoms with Crippen LogP contribution in [0.15, 0.2) is 24.3 Å². The summed E-state index contributed by atoms with van der Waals surface area (Å²) in [6.45, 7) is 6.79. The van der Waals surface area contributed by atoms with Crippen molar-refractivity contribution in [2.24, 2.45) is 0 Å². The van der Waals surface area contributed by atoms with Gasteiger partial charge in [0.2, 0.25) is 5.91 Å². The van der Waals surface area contributed by atoms with Crippen molar-refractivity contribution in [1.82, 2.24) is 0 Å². The minimum atomic E-state index is -0.356. The number of ether oxygens (including phenoxy) is 3. The third-order valence-corrected chi connectivity index (χ3v) is 2.27. The molecule has 0 atom stereocenters. The fourth-order valence-corrected chi connectivity index (χ4v) is 1.52. The van der Waals surface area contributed by atoms with Crippen LogP contribution in [0.25, 0.3) is 0 Å². The Labute approximate surface area is 113 Å². The first kappa shape index (κ1) is 15.5. The van der Waals surface area contributed by atoms with Crippen molar-refractivity contribution < 1.29 is 19.0 Å². The van der Waals surface area contributed by atoms with Crippen LogP contribution in [0.4, 0.5) is 5.69 Å². The fraction of sp³-hybridized carbons (Fsp3) is 0.500. The third-order valence-electron chi connectivity index (χ3n) is 2.27. The van der Waals surface area contributed by atoms with Gasteiger partial charge in [-0.05, 0) is 38.1 Å². The summed E-state index contributed by atoms with van der Waals surface area (Å²) in [5.74, 6) is 0.611. The molecule has 0 aliphatic rings. The highest BCUT2D eigenvalue weighted by Crippen LogP contribution is 2.16. The van der Waals surface area contributed by atoms with Gasteiger partial charge >= 0.3 is 0 Å². The zero-order valence-electron chi connectivity index (χ0n) is 11.6. The Kier molecular flexibility index (Phi) is 6.92. The molecule has 106 valence electrons. The van der Waals surface area contributed by atoms with Gasteiger partial charge in [-0.1, -0.05) is 0 Å². The lowest BCUT2D eigenvalue weighted by molar-refractivity contribution is -0.152. The molecule has 19 heavy (non-hydrogen) atoms. The number of nitrogens with one attached hydrogen (secondary N) is 1. The Bertz CT molecular complexity index is 372. The molecule has 0 aromatic heterocycles. The Hall–Kier alpha value is -1.59. The quantitative estimate of drug-likeness (QED) is 0.735. The molecule has 0 saturated carbocycles. The van der Waals surface area contributed by atoms with Gasteiger partial charge in [-0.2, -0.15) is 0 Å². The number of amides is 1. The second-order valence-electron chi connectivity index (χ2n) is 3.86. The molecule has 0 spiro atoms. The lowest BCUT2D eigenvalue weighted by Crippen LogP contribution is -2.25. The van der Waals surface area contributed by atoms with Crippen LogP contribution >= 0.6 is 0 Å². The van der Waals surface area contributed by atoms with Gasteiger partial charge in [-0.15, -0.1) is 0 Å². The Morgan fingerprint density at radius 2 is 1.74 bits per heavy atom. The van der Waals surface area contributed by atoms with Crippen molar-refractivity contribution in [3.63, 3.8) is 0 Å². The molecule has 0 saturated heterocycles. The number of carbonyl (C=O) groups excluding carboxylic acids is 1. The lowest BCUT2D eigenvalue weighted by Gasteiger charge is -2.17. The molecule has 5 heteroatoms. The number of hydrogen-bond donors (Lipinski definition) is 1. The monoisotopic (exact) mass is 267 g/mol. The zero-order chi connectivity index (χ0) is 14.1. The third kappa shape index (κ3) is 6.22. The summed E-state index contributed by atoms with van der Waals surface area (Å²) in [6.07, 6.45) is -0.356. The first-order chi connectivity index (χ1) is 9.15. The topological polar surface area (TPSA) is 56.8 Å². The Morgan fingerprint density at radius 1 is 1.16 bits per heavy atom. The lowest BCUT2D eigenvalue weighted by atomic mass is 10.3. The van der Waals surface area contributed by atoms with Gasteiger partial charge in [0, 0.05) is 25.8 Å². The smallest absolute Gasteiger partial charge is 0.221 e. The number of rotatable bonds is 8. The van der Waals surface area contributed by atoms with Gasteiger partial charge in [0.1, 0.15) is 12.4 Å². The van der Waals surface area contributed by atoms with Crippen LogP contribution in [0.1, 0.15) is 20.8 Å².